The fourth-order valence-electron chi connectivity index (χ4n) is 2.41. The van der Waals surface area contributed by atoms with Gasteiger partial charge in [0, 0.05) is 24.7 Å². The first-order chi connectivity index (χ1) is 12.6. The average Bonchev–Trinajstić information content (AvgIpc) is 2.58. The van der Waals surface area contributed by atoms with Crippen LogP contribution in [0, 0.1) is 16.0 Å². The van der Waals surface area contributed by atoms with E-state index in [4.69, 9.17) is 5.73 Å². The van der Waals surface area contributed by atoms with Gasteiger partial charge in [-0.05, 0) is 25.3 Å². The summed E-state index contributed by atoms with van der Waals surface area (Å²) < 4.78 is 26.7. The van der Waals surface area contributed by atoms with Crippen LogP contribution >= 0.6 is 0 Å². The number of nitrogens with zero attached hydrogens (tertiary/aromatic N) is 2. The Bertz CT molecular complexity index is 749. The molecule has 0 spiro atoms. The Morgan fingerprint density at radius 3 is 2.63 bits per heavy atom. The Balaban J connectivity index is 2.46. The molecule has 4 N–H and O–H groups in total. The van der Waals surface area contributed by atoms with Gasteiger partial charge in [-0.2, -0.15) is 0 Å². The van der Waals surface area contributed by atoms with Crippen LogP contribution < -0.4 is 15.8 Å². The van der Waals surface area contributed by atoms with Gasteiger partial charge in [0.25, 0.3) is 5.69 Å². The van der Waals surface area contributed by atoms with E-state index in [1.807, 2.05) is 6.92 Å². The van der Waals surface area contributed by atoms with Crippen molar-refractivity contribution in [1.82, 2.24) is 10.0 Å². The van der Waals surface area contributed by atoms with Crippen LogP contribution in [-0.4, -0.2) is 38.4 Å². The molecule has 9 nitrogen and oxygen atoms in total. The van der Waals surface area contributed by atoms with Gasteiger partial charge in [0.2, 0.25) is 10.0 Å². The van der Waals surface area contributed by atoms with Gasteiger partial charge in [-0.25, -0.2) is 13.1 Å². The molecule has 1 aromatic carbocycles. The van der Waals surface area contributed by atoms with Crippen LogP contribution in [0.5, 0.6) is 0 Å². The van der Waals surface area contributed by atoms with Crippen molar-refractivity contribution in [2.75, 3.05) is 13.1 Å². The molecule has 0 aliphatic heterocycles. The minimum atomic E-state index is -3.84. The lowest BCUT2D eigenvalue weighted by atomic mass is 10.0. The summed E-state index contributed by atoms with van der Waals surface area (Å²) in [7, 11) is -3.84. The van der Waals surface area contributed by atoms with E-state index >= 15 is 0 Å². The lowest BCUT2D eigenvalue weighted by molar-refractivity contribution is -0.385. The molecule has 1 rings (SSSR count). The lowest BCUT2D eigenvalue weighted by Crippen LogP contribution is -2.39. The Kier molecular flexibility index (Phi) is 9.16. The number of hydrogen-bond acceptors (Lipinski definition) is 5. The Hall–Kier alpha value is -2.20. The van der Waals surface area contributed by atoms with E-state index in [2.05, 4.69) is 28.9 Å². The molecule has 0 saturated carbocycles. The molecule has 0 aromatic heterocycles. The third-order valence-corrected chi connectivity index (χ3v) is 5.30. The Morgan fingerprint density at radius 1 is 1.30 bits per heavy atom. The molecule has 1 atom stereocenters. The largest absolute Gasteiger partial charge is 0.370 e. The number of nitrogens with one attached hydrogen (secondary N) is 2. The Labute approximate surface area is 160 Å². The SMILES string of the molecule is CC(C)CCCC(C)NC(N)=NCCNS(=O)(=O)c1cccc([N+](=O)[O-])c1. The van der Waals surface area contributed by atoms with Crippen molar-refractivity contribution in [3.8, 4) is 0 Å². The average molecular weight is 400 g/mol. The maximum atomic E-state index is 12.2. The number of nitrogens with two attached hydrogens (primary N) is 1. The van der Waals surface area contributed by atoms with E-state index < -0.39 is 14.9 Å². The molecule has 0 saturated heterocycles. The van der Waals surface area contributed by atoms with E-state index in [1.165, 1.54) is 18.2 Å². The van der Waals surface area contributed by atoms with Crippen molar-refractivity contribution in [2.45, 2.75) is 51.0 Å². The van der Waals surface area contributed by atoms with E-state index in [1.54, 1.807) is 0 Å². The van der Waals surface area contributed by atoms with Gasteiger partial charge in [0.05, 0.1) is 16.4 Å². The third kappa shape index (κ3) is 8.83. The Morgan fingerprint density at radius 2 is 2.00 bits per heavy atom. The van der Waals surface area contributed by atoms with E-state index in [0.29, 0.717) is 5.92 Å². The van der Waals surface area contributed by atoms with Crippen LogP contribution in [0.1, 0.15) is 40.0 Å². The summed E-state index contributed by atoms with van der Waals surface area (Å²) in [6.45, 7) is 6.58. The molecule has 0 heterocycles. The predicted octanol–water partition coefficient (Wildman–Crippen LogP) is 1.99. The van der Waals surface area contributed by atoms with Gasteiger partial charge in [-0.3, -0.25) is 15.1 Å². The van der Waals surface area contributed by atoms with Crippen LogP contribution in [0.25, 0.3) is 0 Å². The van der Waals surface area contributed by atoms with Crippen molar-refractivity contribution < 1.29 is 13.3 Å². The van der Waals surface area contributed by atoms with Gasteiger partial charge in [-0.1, -0.05) is 32.8 Å². The summed E-state index contributed by atoms with van der Waals surface area (Å²) in [4.78, 5) is 14.0. The van der Waals surface area contributed by atoms with Gasteiger partial charge in [0.1, 0.15) is 0 Å². The second-order valence-electron chi connectivity index (χ2n) is 6.79. The minimum absolute atomic E-state index is 0.0368. The number of nitro groups is 1. The van der Waals surface area contributed by atoms with Crippen molar-refractivity contribution in [3.63, 3.8) is 0 Å². The highest BCUT2D eigenvalue weighted by Gasteiger charge is 2.16. The fourth-order valence-corrected chi connectivity index (χ4v) is 3.47. The highest BCUT2D eigenvalue weighted by Crippen LogP contribution is 2.16. The monoisotopic (exact) mass is 399 g/mol. The standard InChI is InChI=1S/C17H29N5O4S/c1-13(2)6-4-7-14(3)21-17(18)19-10-11-20-27(25,26)16-9-5-8-15(12-16)22(23)24/h5,8-9,12-14,20H,4,6-7,10-11H2,1-3H3,(H3,18,19,21). The molecule has 0 aliphatic rings. The highest BCUT2D eigenvalue weighted by molar-refractivity contribution is 7.89. The quantitative estimate of drug-likeness (QED) is 0.171. The second kappa shape index (κ2) is 10.8. The smallest absolute Gasteiger partial charge is 0.270 e. The number of guanidine groups is 1. The number of aliphatic imine (C=N–C) groups is 1. The number of hydrogen-bond donors (Lipinski definition) is 3. The minimum Gasteiger partial charge on any atom is -0.370 e. The maximum Gasteiger partial charge on any atom is 0.270 e. The molecule has 152 valence electrons. The van der Waals surface area contributed by atoms with Crippen LogP contribution in [0.3, 0.4) is 0 Å². The third-order valence-electron chi connectivity index (χ3n) is 3.84. The molecule has 10 heteroatoms. The second-order valence-corrected chi connectivity index (χ2v) is 8.56. The number of sulfonamides is 1. The van der Waals surface area contributed by atoms with Crippen molar-refractivity contribution >= 4 is 21.7 Å². The molecule has 0 fully saturated rings. The van der Waals surface area contributed by atoms with Crippen LogP contribution in [0.15, 0.2) is 34.2 Å². The van der Waals surface area contributed by atoms with E-state index in [9.17, 15) is 18.5 Å². The molecule has 0 bridgehead atoms. The summed E-state index contributed by atoms with van der Waals surface area (Å²) in [5, 5.41) is 13.8. The molecule has 1 aromatic rings. The summed E-state index contributed by atoms with van der Waals surface area (Å²) in [6, 6.07) is 5.06. The summed E-state index contributed by atoms with van der Waals surface area (Å²) >= 11 is 0. The van der Waals surface area contributed by atoms with Gasteiger partial charge >= 0.3 is 0 Å². The zero-order chi connectivity index (χ0) is 20.4. The lowest BCUT2D eigenvalue weighted by Gasteiger charge is -2.15. The van der Waals surface area contributed by atoms with Crippen LogP contribution in [0.2, 0.25) is 0 Å². The van der Waals surface area contributed by atoms with E-state index in [0.717, 1.165) is 25.3 Å². The molecular formula is C17H29N5O4S. The van der Waals surface area contributed by atoms with Crippen molar-refractivity contribution in [1.29, 1.82) is 0 Å². The number of rotatable bonds is 11. The first-order valence-corrected chi connectivity index (χ1v) is 10.4. The molecule has 1 unspecified atom stereocenters. The van der Waals surface area contributed by atoms with Crippen LogP contribution in [0.4, 0.5) is 5.69 Å². The number of nitro benzene ring substituents is 1. The first kappa shape index (κ1) is 22.8. The number of non-ortho nitro benzene ring substituents is 1. The highest BCUT2D eigenvalue weighted by atomic mass is 32.2. The topological polar surface area (TPSA) is 140 Å². The fraction of sp³-hybridized carbons (Fsp3) is 0.588. The first-order valence-electron chi connectivity index (χ1n) is 8.92. The molecular weight excluding hydrogens is 370 g/mol. The zero-order valence-corrected chi connectivity index (χ0v) is 16.8. The summed E-state index contributed by atoms with van der Waals surface area (Å²) in [5.74, 6) is 0.934. The van der Waals surface area contributed by atoms with Crippen molar-refractivity contribution in [3.05, 3.63) is 34.4 Å². The van der Waals surface area contributed by atoms with Crippen molar-refractivity contribution in [2.24, 2.45) is 16.6 Å². The summed E-state index contributed by atoms with van der Waals surface area (Å²) in [5.41, 5.74) is 5.53. The van der Waals surface area contributed by atoms with Gasteiger partial charge in [0.15, 0.2) is 5.96 Å². The van der Waals surface area contributed by atoms with E-state index in [-0.39, 0.29) is 35.7 Å². The predicted molar refractivity (Wildman–Crippen MR) is 106 cm³/mol. The molecule has 0 aliphatic carbocycles. The van der Waals surface area contributed by atoms with Gasteiger partial charge < -0.3 is 11.1 Å². The molecule has 0 amide bonds. The van der Waals surface area contributed by atoms with Gasteiger partial charge in [-0.15, -0.1) is 0 Å². The zero-order valence-electron chi connectivity index (χ0n) is 16.0. The molecule has 0 radical (unpaired) electrons. The van der Waals surface area contributed by atoms with Crippen LogP contribution in [-0.2, 0) is 10.0 Å². The summed E-state index contributed by atoms with van der Waals surface area (Å²) in [6.07, 6.45) is 3.23. The normalized spacial score (nSPS) is 13.6. The molecule has 27 heavy (non-hydrogen) atoms. The number of benzene rings is 1. The maximum absolute atomic E-state index is 12.2.